The minimum Gasteiger partial charge on any atom is -0.469 e. The van der Waals surface area contributed by atoms with Gasteiger partial charge in [0.15, 0.2) is 0 Å². The van der Waals surface area contributed by atoms with Crippen molar-refractivity contribution < 1.29 is 22.7 Å². The van der Waals surface area contributed by atoms with Gasteiger partial charge in [0, 0.05) is 32.6 Å². The number of hydrogen-bond acceptors (Lipinski definition) is 5. The summed E-state index contributed by atoms with van der Waals surface area (Å²) in [6.45, 7) is 0.323. The number of nitrogens with zero attached hydrogens (tertiary/aromatic N) is 1. The topological polar surface area (TPSA) is 105 Å². The van der Waals surface area contributed by atoms with E-state index in [0.29, 0.717) is 12.8 Å². The van der Waals surface area contributed by atoms with E-state index < -0.39 is 16.2 Å². The molecule has 0 bridgehead atoms. The maximum atomic E-state index is 11.9. The summed E-state index contributed by atoms with van der Waals surface area (Å²) in [5.74, 6) is -0.540. The molecule has 0 saturated carbocycles. The van der Waals surface area contributed by atoms with Crippen molar-refractivity contribution in [1.82, 2.24) is 14.3 Å². The zero-order valence-electron chi connectivity index (χ0n) is 11.0. The first kappa shape index (κ1) is 15.9. The summed E-state index contributed by atoms with van der Waals surface area (Å²) in [4.78, 5) is 21.9. The molecule has 19 heavy (non-hydrogen) atoms. The average molecular weight is 293 g/mol. The van der Waals surface area contributed by atoms with Crippen LogP contribution in [0.5, 0.6) is 0 Å². The highest BCUT2D eigenvalue weighted by Gasteiger charge is 2.25. The van der Waals surface area contributed by atoms with Crippen LogP contribution in [0.2, 0.25) is 0 Å². The van der Waals surface area contributed by atoms with E-state index in [2.05, 4.69) is 14.8 Å². The van der Waals surface area contributed by atoms with Gasteiger partial charge < -0.3 is 10.1 Å². The van der Waals surface area contributed by atoms with Crippen LogP contribution in [0.3, 0.4) is 0 Å². The molecule has 1 aliphatic heterocycles. The molecule has 0 aromatic heterocycles. The van der Waals surface area contributed by atoms with Crippen molar-refractivity contribution in [2.75, 3.05) is 27.2 Å². The van der Waals surface area contributed by atoms with Crippen LogP contribution in [0.15, 0.2) is 0 Å². The fourth-order valence-corrected chi connectivity index (χ4v) is 2.74. The largest absolute Gasteiger partial charge is 0.469 e. The Morgan fingerprint density at radius 3 is 2.79 bits per heavy atom. The molecule has 0 radical (unpaired) electrons. The lowest BCUT2D eigenvalue weighted by atomic mass is 10.1. The fourth-order valence-electron chi connectivity index (χ4n) is 1.60. The molecule has 1 amide bonds. The molecule has 1 fully saturated rings. The minimum absolute atomic E-state index is 0.00465. The van der Waals surface area contributed by atoms with Crippen LogP contribution in [0.1, 0.15) is 19.3 Å². The lowest BCUT2D eigenvalue weighted by Gasteiger charge is -2.26. The van der Waals surface area contributed by atoms with Gasteiger partial charge in [-0.15, -0.1) is 0 Å². The van der Waals surface area contributed by atoms with Gasteiger partial charge in [-0.3, -0.25) is 9.59 Å². The number of rotatable bonds is 6. The van der Waals surface area contributed by atoms with Gasteiger partial charge in [-0.05, 0) is 6.42 Å². The molecular weight excluding hydrogens is 274 g/mol. The van der Waals surface area contributed by atoms with Crippen LogP contribution in [-0.2, 0) is 24.5 Å². The third-order valence-electron chi connectivity index (χ3n) is 2.85. The van der Waals surface area contributed by atoms with Crippen molar-refractivity contribution >= 4 is 22.1 Å². The zero-order chi connectivity index (χ0) is 14.5. The van der Waals surface area contributed by atoms with E-state index in [1.807, 2.05) is 0 Å². The highest BCUT2D eigenvalue weighted by atomic mass is 32.2. The van der Waals surface area contributed by atoms with Gasteiger partial charge in [0.05, 0.1) is 13.5 Å². The first-order valence-electron chi connectivity index (χ1n) is 5.92. The molecule has 8 nitrogen and oxygen atoms in total. The number of ether oxygens (including phenoxy) is 1. The second-order valence-electron chi connectivity index (χ2n) is 4.31. The average Bonchev–Trinajstić information content (AvgIpc) is 2.37. The first-order chi connectivity index (χ1) is 8.85. The van der Waals surface area contributed by atoms with Crippen molar-refractivity contribution in [2.45, 2.75) is 25.3 Å². The third-order valence-corrected chi connectivity index (χ3v) is 4.48. The molecule has 1 atom stereocenters. The molecule has 9 heteroatoms. The zero-order valence-corrected chi connectivity index (χ0v) is 11.8. The Balaban J connectivity index is 2.46. The quantitative estimate of drug-likeness (QED) is 0.586. The normalized spacial score (nSPS) is 20.2. The van der Waals surface area contributed by atoms with Gasteiger partial charge in [0.25, 0.3) is 10.2 Å². The maximum absolute atomic E-state index is 11.9. The van der Waals surface area contributed by atoms with Crippen LogP contribution in [-0.4, -0.2) is 57.9 Å². The van der Waals surface area contributed by atoms with Gasteiger partial charge in [0.1, 0.15) is 0 Å². The maximum Gasteiger partial charge on any atom is 0.306 e. The lowest BCUT2D eigenvalue weighted by Crippen LogP contribution is -2.51. The summed E-state index contributed by atoms with van der Waals surface area (Å²) in [7, 11) is -1.03. The van der Waals surface area contributed by atoms with Gasteiger partial charge >= 0.3 is 5.97 Å². The number of carbonyl (C=O) groups is 2. The molecule has 0 aliphatic carbocycles. The van der Waals surface area contributed by atoms with E-state index in [9.17, 15) is 18.0 Å². The number of amides is 1. The second-order valence-corrected chi connectivity index (χ2v) is 6.12. The number of carbonyl (C=O) groups excluding carboxylic acids is 2. The summed E-state index contributed by atoms with van der Waals surface area (Å²) in [6.07, 6.45) is 0.768. The summed E-state index contributed by atoms with van der Waals surface area (Å²) >= 11 is 0. The molecular formula is C10H19N3O5S. The standard InChI is InChI=1S/C10H19N3O5S/c1-13(6-5-10(15)18-2)19(16,17)12-8-3-4-9(14)11-7-8/h8,12H,3-7H2,1-2H3,(H,11,14). The molecule has 110 valence electrons. The van der Waals surface area contributed by atoms with Crippen LogP contribution in [0, 0.1) is 0 Å². The molecule has 0 aromatic carbocycles. The van der Waals surface area contributed by atoms with Gasteiger partial charge in [0.2, 0.25) is 5.91 Å². The molecule has 0 aromatic rings. The predicted molar refractivity (Wildman–Crippen MR) is 67.4 cm³/mol. The second kappa shape index (κ2) is 6.83. The highest BCUT2D eigenvalue weighted by Crippen LogP contribution is 2.06. The molecule has 1 rings (SSSR count). The fraction of sp³-hybridized carbons (Fsp3) is 0.800. The van der Waals surface area contributed by atoms with Gasteiger partial charge in [-0.25, -0.2) is 0 Å². The van der Waals surface area contributed by atoms with Crippen molar-refractivity contribution in [3.8, 4) is 0 Å². The Labute approximate surface area is 112 Å². The Hall–Kier alpha value is -1.19. The minimum atomic E-state index is -3.66. The van der Waals surface area contributed by atoms with E-state index in [4.69, 9.17) is 0 Å². The first-order valence-corrected chi connectivity index (χ1v) is 7.36. The molecule has 2 N–H and O–H groups in total. The molecule has 1 aliphatic rings. The van der Waals surface area contributed by atoms with Crippen LogP contribution in [0.4, 0.5) is 0 Å². The highest BCUT2D eigenvalue weighted by molar-refractivity contribution is 7.87. The SMILES string of the molecule is COC(=O)CCN(C)S(=O)(=O)NC1CCC(=O)NC1. The Morgan fingerprint density at radius 2 is 2.26 bits per heavy atom. The summed E-state index contributed by atoms with van der Waals surface area (Å²) in [5, 5.41) is 2.59. The van der Waals surface area contributed by atoms with E-state index >= 15 is 0 Å². The van der Waals surface area contributed by atoms with E-state index in [-0.39, 0.29) is 31.5 Å². The Bertz CT molecular complexity index is 426. The number of hydrogen-bond donors (Lipinski definition) is 2. The summed E-state index contributed by atoms with van der Waals surface area (Å²) in [6, 6.07) is -0.316. The number of esters is 1. The molecule has 1 unspecified atom stereocenters. The third kappa shape index (κ3) is 5.13. The van der Waals surface area contributed by atoms with Crippen molar-refractivity contribution in [2.24, 2.45) is 0 Å². The van der Waals surface area contributed by atoms with E-state index in [1.165, 1.54) is 14.2 Å². The Kier molecular flexibility index (Phi) is 5.70. The number of nitrogens with one attached hydrogen (secondary N) is 2. The van der Waals surface area contributed by atoms with Crippen molar-refractivity contribution in [3.63, 3.8) is 0 Å². The van der Waals surface area contributed by atoms with Crippen LogP contribution >= 0.6 is 0 Å². The smallest absolute Gasteiger partial charge is 0.306 e. The molecule has 1 heterocycles. The summed E-state index contributed by atoms with van der Waals surface area (Å²) < 4.78 is 31.9. The Morgan fingerprint density at radius 1 is 1.58 bits per heavy atom. The van der Waals surface area contributed by atoms with Crippen molar-refractivity contribution in [3.05, 3.63) is 0 Å². The monoisotopic (exact) mass is 293 g/mol. The summed E-state index contributed by atoms with van der Waals surface area (Å²) in [5.41, 5.74) is 0. The van der Waals surface area contributed by atoms with Crippen LogP contribution < -0.4 is 10.0 Å². The lowest BCUT2D eigenvalue weighted by molar-refractivity contribution is -0.140. The van der Waals surface area contributed by atoms with Gasteiger partial charge in [-0.2, -0.15) is 17.4 Å². The van der Waals surface area contributed by atoms with Crippen molar-refractivity contribution in [1.29, 1.82) is 0 Å². The van der Waals surface area contributed by atoms with E-state index in [1.54, 1.807) is 0 Å². The van der Waals surface area contributed by atoms with Crippen LogP contribution in [0.25, 0.3) is 0 Å². The molecule has 0 spiro atoms. The number of piperidine rings is 1. The molecule has 1 saturated heterocycles. The van der Waals surface area contributed by atoms with E-state index in [0.717, 1.165) is 4.31 Å². The van der Waals surface area contributed by atoms with Gasteiger partial charge in [-0.1, -0.05) is 0 Å². The number of methoxy groups -OCH3 is 1. The predicted octanol–water partition coefficient (Wildman–Crippen LogP) is -1.41.